The minimum absolute atomic E-state index is 0.0321. The van der Waals surface area contributed by atoms with Gasteiger partial charge >= 0.3 is 12.1 Å². The SMILES string of the molecule is COC(=O)[C@]1(Cc2cncc(Nc3cc(C)n(C(=O)OC(C)(C)C)n3)n2)CCN(Cc2cccc(Cl)c2F)[C@H](C)C1. The number of esters is 1. The summed E-state index contributed by atoms with van der Waals surface area (Å²) in [6.07, 6.45) is 3.91. The minimum atomic E-state index is -0.820. The maximum absolute atomic E-state index is 14.5. The summed E-state index contributed by atoms with van der Waals surface area (Å²) in [7, 11) is 1.38. The molecule has 1 saturated heterocycles. The number of rotatable bonds is 7. The molecule has 220 valence electrons. The molecule has 2 atom stereocenters. The number of ether oxygens (including phenoxy) is 2. The van der Waals surface area contributed by atoms with Crippen molar-refractivity contribution in [3.05, 3.63) is 64.5 Å². The van der Waals surface area contributed by atoms with Crippen LogP contribution in [0.15, 0.2) is 36.7 Å². The second kappa shape index (κ2) is 12.1. The zero-order chi connectivity index (χ0) is 29.9. The Balaban J connectivity index is 1.49. The first-order valence-electron chi connectivity index (χ1n) is 13.4. The first kappa shape index (κ1) is 30.4. The van der Waals surface area contributed by atoms with Crippen LogP contribution in [0.4, 0.5) is 20.8 Å². The number of aromatic nitrogens is 4. The Hall–Kier alpha value is -3.57. The highest BCUT2D eigenvalue weighted by molar-refractivity contribution is 6.30. The van der Waals surface area contributed by atoms with Gasteiger partial charge < -0.3 is 14.8 Å². The summed E-state index contributed by atoms with van der Waals surface area (Å²) >= 11 is 5.97. The van der Waals surface area contributed by atoms with E-state index in [1.165, 1.54) is 17.9 Å². The Morgan fingerprint density at radius 1 is 1.24 bits per heavy atom. The van der Waals surface area contributed by atoms with Crippen LogP contribution in [0.3, 0.4) is 0 Å². The molecular formula is C29H36ClFN6O4. The third-order valence-electron chi connectivity index (χ3n) is 7.12. The number of carbonyl (C=O) groups is 2. The van der Waals surface area contributed by atoms with Crippen LogP contribution in [-0.2, 0) is 27.2 Å². The van der Waals surface area contributed by atoms with Crippen molar-refractivity contribution in [3.8, 4) is 0 Å². The van der Waals surface area contributed by atoms with Gasteiger partial charge in [-0.2, -0.15) is 4.68 Å². The number of halogens is 2. The lowest BCUT2D eigenvalue weighted by Gasteiger charge is -2.44. The summed E-state index contributed by atoms with van der Waals surface area (Å²) < 4.78 is 26.4. The maximum atomic E-state index is 14.5. The Bertz CT molecular complexity index is 1420. The van der Waals surface area contributed by atoms with E-state index >= 15 is 0 Å². The van der Waals surface area contributed by atoms with E-state index in [9.17, 15) is 14.0 Å². The van der Waals surface area contributed by atoms with E-state index in [-0.39, 0.29) is 17.0 Å². The van der Waals surface area contributed by atoms with Crippen LogP contribution >= 0.6 is 11.6 Å². The van der Waals surface area contributed by atoms with Gasteiger partial charge in [0.25, 0.3) is 0 Å². The Kier molecular flexibility index (Phi) is 8.98. The van der Waals surface area contributed by atoms with Crippen LogP contribution in [0, 0.1) is 18.2 Å². The lowest BCUT2D eigenvalue weighted by Crippen LogP contribution is -2.50. The number of anilines is 2. The molecular weight excluding hydrogens is 551 g/mol. The molecule has 0 aliphatic carbocycles. The summed E-state index contributed by atoms with van der Waals surface area (Å²) in [5.41, 5.74) is 0.236. The Morgan fingerprint density at radius 2 is 2.00 bits per heavy atom. The van der Waals surface area contributed by atoms with Gasteiger partial charge in [0, 0.05) is 42.5 Å². The predicted octanol–water partition coefficient (Wildman–Crippen LogP) is 5.69. The average molecular weight is 587 g/mol. The van der Waals surface area contributed by atoms with Crippen molar-refractivity contribution in [2.45, 2.75) is 72.1 Å². The summed E-state index contributed by atoms with van der Waals surface area (Å²) in [6, 6.07) is 6.66. The van der Waals surface area contributed by atoms with E-state index in [1.54, 1.807) is 58.3 Å². The van der Waals surface area contributed by atoms with Crippen LogP contribution in [0.2, 0.25) is 5.02 Å². The number of piperidine rings is 1. The highest BCUT2D eigenvalue weighted by Crippen LogP contribution is 2.40. The second-order valence-corrected chi connectivity index (χ2v) is 11.9. The molecule has 0 unspecified atom stereocenters. The largest absolute Gasteiger partial charge is 0.469 e. The number of hydrogen-bond acceptors (Lipinski definition) is 9. The quantitative estimate of drug-likeness (QED) is 0.349. The highest BCUT2D eigenvalue weighted by Gasteiger charge is 2.45. The maximum Gasteiger partial charge on any atom is 0.435 e. The van der Waals surface area contributed by atoms with Crippen molar-refractivity contribution in [1.82, 2.24) is 24.6 Å². The first-order valence-corrected chi connectivity index (χ1v) is 13.8. The number of carbonyl (C=O) groups excluding carboxylic acids is 2. The average Bonchev–Trinajstić information content (AvgIpc) is 3.26. The molecule has 1 aromatic carbocycles. The number of methoxy groups -OCH3 is 1. The highest BCUT2D eigenvalue weighted by atomic mass is 35.5. The van der Waals surface area contributed by atoms with E-state index in [1.807, 2.05) is 6.92 Å². The van der Waals surface area contributed by atoms with Gasteiger partial charge in [0.2, 0.25) is 0 Å². The van der Waals surface area contributed by atoms with Gasteiger partial charge in [-0.25, -0.2) is 14.2 Å². The zero-order valence-electron chi connectivity index (χ0n) is 24.2. The number of nitrogens with one attached hydrogen (secondary N) is 1. The van der Waals surface area contributed by atoms with E-state index in [2.05, 4.69) is 25.3 Å². The van der Waals surface area contributed by atoms with Crippen molar-refractivity contribution < 1.29 is 23.5 Å². The number of hydrogen-bond donors (Lipinski definition) is 1. The van der Waals surface area contributed by atoms with Crippen LogP contribution in [-0.4, -0.2) is 62.0 Å². The summed E-state index contributed by atoms with van der Waals surface area (Å²) in [6.45, 7) is 10.1. The smallest absolute Gasteiger partial charge is 0.435 e. The molecule has 0 amide bonds. The number of nitrogens with zero attached hydrogens (tertiary/aromatic N) is 5. The summed E-state index contributed by atoms with van der Waals surface area (Å²) in [5.74, 6) is 0.0812. The fraction of sp³-hybridized carbons (Fsp3) is 0.483. The van der Waals surface area contributed by atoms with Gasteiger partial charge in [-0.3, -0.25) is 14.7 Å². The van der Waals surface area contributed by atoms with Crippen molar-refractivity contribution in [2.24, 2.45) is 5.41 Å². The van der Waals surface area contributed by atoms with E-state index < -0.39 is 22.9 Å². The third-order valence-corrected chi connectivity index (χ3v) is 7.42. The standard InChI is InChI=1S/C29H36ClFN6O4/c1-18-12-23(35-37(18)27(39)41-28(3,4)5)34-24-16-32-15-21(33-24)14-29(26(38)40-6)10-11-36(19(2)13-29)17-20-8-7-9-22(30)25(20)31/h7-9,12,15-16,19H,10-11,13-14,17H2,1-6H3,(H,33,34,35)/t19-,29-/m1/s1. The Labute approximate surface area is 244 Å². The first-order chi connectivity index (χ1) is 19.3. The third kappa shape index (κ3) is 7.20. The normalized spacial score (nSPS) is 19.6. The van der Waals surface area contributed by atoms with Gasteiger partial charge in [-0.05, 0) is 60.1 Å². The number of aryl methyl sites for hydroxylation is 1. The van der Waals surface area contributed by atoms with Gasteiger partial charge in [-0.1, -0.05) is 23.7 Å². The molecule has 1 N–H and O–H groups in total. The molecule has 2 aromatic heterocycles. The monoisotopic (exact) mass is 586 g/mol. The van der Waals surface area contributed by atoms with Crippen molar-refractivity contribution >= 4 is 35.3 Å². The van der Waals surface area contributed by atoms with Crippen LogP contribution in [0.5, 0.6) is 0 Å². The predicted molar refractivity (Wildman–Crippen MR) is 153 cm³/mol. The molecule has 12 heteroatoms. The van der Waals surface area contributed by atoms with Crippen molar-refractivity contribution in [1.29, 1.82) is 0 Å². The van der Waals surface area contributed by atoms with Crippen LogP contribution in [0.25, 0.3) is 0 Å². The van der Waals surface area contributed by atoms with Gasteiger partial charge in [0.1, 0.15) is 17.2 Å². The Morgan fingerprint density at radius 3 is 2.68 bits per heavy atom. The second-order valence-electron chi connectivity index (χ2n) is 11.5. The summed E-state index contributed by atoms with van der Waals surface area (Å²) in [5, 5.41) is 7.48. The van der Waals surface area contributed by atoms with E-state index in [4.69, 9.17) is 21.1 Å². The van der Waals surface area contributed by atoms with Gasteiger partial charge in [0.15, 0.2) is 5.82 Å². The minimum Gasteiger partial charge on any atom is -0.469 e. The molecule has 3 aromatic rings. The molecule has 0 saturated carbocycles. The number of likely N-dealkylation sites (tertiary alicyclic amines) is 1. The van der Waals surface area contributed by atoms with Crippen molar-refractivity contribution in [3.63, 3.8) is 0 Å². The van der Waals surface area contributed by atoms with Crippen molar-refractivity contribution in [2.75, 3.05) is 19.0 Å². The molecule has 0 radical (unpaired) electrons. The summed E-state index contributed by atoms with van der Waals surface area (Å²) in [4.78, 5) is 36.8. The fourth-order valence-corrected chi connectivity index (χ4v) is 5.38. The lowest BCUT2D eigenvalue weighted by atomic mass is 9.72. The van der Waals surface area contributed by atoms with Gasteiger partial charge in [0.05, 0.1) is 29.4 Å². The molecule has 1 aliphatic heterocycles. The lowest BCUT2D eigenvalue weighted by molar-refractivity contribution is -0.157. The molecule has 1 fully saturated rings. The fourth-order valence-electron chi connectivity index (χ4n) is 5.19. The number of benzene rings is 1. The topological polar surface area (TPSA) is 111 Å². The molecule has 10 nitrogen and oxygen atoms in total. The molecule has 0 spiro atoms. The molecule has 3 heterocycles. The molecule has 4 rings (SSSR count). The molecule has 1 aliphatic rings. The molecule has 41 heavy (non-hydrogen) atoms. The van der Waals surface area contributed by atoms with Gasteiger partial charge in [-0.15, -0.1) is 5.10 Å². The zero-order valence-corrected chi connectivity index (χ0v) is 25.0. The van der Waals surface area contributed by atoms with Crippen LogP contribution in [0.1, 0.15) is 57.5 Å². The molecule has 0 bridgehead atoms. The van der Waals surface area contributed by atoms with E-state index in [0.29, 0.717) is 60.9 Å². The van der Waals surface area contributed by atoms with E-state index in [0.717, 1.165) is 0 Å². The van der Waals surface area contributed by atoms with Crippen LogP contribution < -0.4 is 5.32 Å².